The summed E-state index contributed by atoms with van der Waals surface area (Å²) in [5.74, 6) is 0.114. The molecule has 0 bridgehead atoms. The van der Waals surface area contributed by atoms with Crippen LogP contribution in [-0.4, -0.2) is 37.4 Å². The first-order chi connectivity index (χ1) is 18.3. The number of hydrogen-bond acceptors (Lipinski definition) is 5. The zero-order chi connectivity index (χ0) is 27.0. The molecular formula is C28H26F2N6O2. The van der Waals surface area contributed by atoms with Crippen LogP contribution in [-0.2, 0) is 6.54 Å². The molecule has 0 aliphatic carbocycles. The van der Waals surface area contributed by atoms with Gasteiger partial charge < -0.3 is 10.1 Å². The van der Waals surface area contributed by atoms with Crippen LogP contribution in [0.25, 0.3) is 16.9 Å². The third-order valence-electron chi connectivity index (χ3n) is 6.55. The van der Waals surface area contributed by atoms with Crippen LogP contribution in [0.1, 0.15) is 45.0 Å². The summed E-state index contributed by atoms with van der Waals surface area (Å²) in [6.45, 7) is 6.27. The number of halogens is 2. The van der Waals surface area contributed by atoms with Crippen LogP contribution < -0.4 is 10.1 Å². The zero-order valence-corrected chi connectivity index (χ0v) is 21.4. The molecule has 38 heavy (non-hydrogen) atoms. The van der Waals surface area contributed by atoms with Crippen molar-refractivity contribution in [1.29, 1.82) is 0 Å². The molecule has 2 aromatic carbocycles. The van der Waals surface area contributed by atoms with Crippen LogP contribution in [0.5, 0.6) is 5.75 Å². The van der Waals surface area contributed by atoms with E-state index in [2.05, 4.69) is 20.5 Å². The lowest BCUT2D eigenvalue weighted by Crippen LogP contribution is -2.14. The van der Waals surface area contributed by atoms with Crippen molar-refractivity contribution < 1.29 is 18.3 Å². The molecule has 5 rings (SSSR count). The maximum atomic E-state index is 14.0. The van der Waals surface area contributed by atoms with Crippen LogP contribution in [0, 0.1) is 20.8 Å². The Bertz CT molecular complexity index is 1640. The number of nitrogens with zero attached hydrogens (tertiary/aromatic N) is 5. The monoisotopic (exact) mass is 516 g/mol. The van der Waals surface area contributed by atoms with Gasteiger partial charge >= 0.3 is 0 Å². The Morgan fingerprint density at radius 3 is 2.50 bits per heavy atom. The number of aryl methyl sites for hydroxylation is 2. The molecule has 0 aliphatic heterocycles. The number of carbonyl (C=O) groups is 1. The summed E-state index contributed by atoms with van der Waals surface area (Å²) in [7, 11) is 1.54. The summed E-state index contributed by atoms with van der Waals surface area (Å²) >= 11 is 0. The molecule has 0 fully saturated rings. The number of rotatable bonds is 7. The first-order valence-corrected chi connectivity index (χ1v) is 12.0. The van der Waals surface area contributed by atoms with Crippen molar-refractivity contribution in [3.05, 3.63) is 94.6 Å². The van der Waals surface area contributed by atoms with Gasteiger partial charge in [0.15, 0.2) is 5.65 Å². The summed E-state index contributed by atoms with van der Waals surface area (Å²) < 4.78 is 35.9. The van der Waals surface area contributed by atoms with Crippen molar-refractivity contribution in [2.45, 2.75) is 33.7 Å². The highest BCUT2D eigenvalue weighted by atomic mass is 19.3. The highest BCUT2D eigenvalue weighted by Gasteiger charge is 2.23. The van der Waals surface area contributed by atoms with E-state index in [1.165, 1.54) is 12.3 Å². The van der Waals surface area contributed by atoms with Gasteiger partial charge in [-0.15, -0.1) is 0 Å². The molecule has 1 amide bonds. The molecule has 0 saturated carbocycles. The van der Waals surface area contributed by atoms with E-state index in [9.17, 15) is 13.6 Å². The van der Waals surface area contributed by atoms with Gasteiger partial charge in [0, 0.05) is 5.56 Å². The van der Waals surface area contributed by atoms with Gasteiger partial charge in [0.2, 0.25) is 0 Å². The number of anilines is 1. The number of carbonyl (C=O) groups excluding carboxylic acids is 1. The van der Waals surface area contributed by atoms with Crippen molar-refractivity contribution in [2.75, 3.05) is 12.4 Å². The Morgan fingerprint density at radius 2 is 1.82 bits per heavy atom. The number of nitrogens with one attached hydrogen (secondary N) is 1. The lowest BCUT2D eigenvalue weighted by Gasteiger charge is -2.10. The first kappa shape index (κ1) is 25.1. The fourth-order valence-corrected chi connectivity index (χ4v) is 4.37. The number of aromatic nitrogens is 5. The minimum Gasteiger partial charge on any atom is -0.497 e. The van der Waals surface area contributed by atoms with E-state index < -0.39 is 12.3 Å². The Kier molecular flexibility index (Phi) is 6.62. The quantitative estimate of drug-likeness (QED) is 0.297. The van der Waals surface area contributed by atoms with Crippen molar-refractivity contribution >= 4 is 17.2 Å². The smallest absolute Gasteiger partial charge is 0.280 e. The minimum absolute atomic E-state index is 0.0359. The number of alkyl halides is 2. The molecule has 1 N–H and O–H groups in total. The predicted octanol–water partition coefficient (Wildman–Crippen LogP) is 5.76. The number of benzene rings is 2. The molecule has 0 radical (unpaired) electrons. The maximum Gasteiger partial charge on any atom is 0.280 e. The minimum atomic E-state index is -2.82. The molecule has 10 heteroatoms. The molecule has 0 spiro atoms. The largest absolute Gasteiger partial charge is 0.497 e. The normalized spacial score (nSPS) is 11.3. The number of fused-ring (bicyclic) bond motifs is 1. The van der Waals surface area contributed by atoms with E-state index in [1.54, 1.807) is 31.4 Å². The summed E-state index contributed by atoms with van der Waals surface area (Å²) in [5.41, 5.74) is 4.88. The highest BCUT2D eigenvalue weighted by molar-refractivity contribution is 6.08. The van der Waals surface area contributed by atoms with Crippen LogP contribution >= 0.6 is 0 Å². The van der Waals surface area contributed by atoms with Gasteiger partial charge in [0.1, 0.15) is 17.0 Å². The topological polar surface area (TPSA) is 86.3 Å². The Morgan fingerprint density at radius 1 is 1.08 bits per heavy atom. The van der Waals surface area contributed by atoms with E-state index in [0.717, 1.165) is 21.3 Å². The van der Waals surface area contributed by atoms with E-state index in [-0.39, 0.29) is 16.9 Å². The fraction of sp³-hybridized carbons (Fsp3) is 0.214. The number of hydrogen-bond donors (Lipinski definition) is 1. The van der Waals surface area contributed by atoms with Gasteiger partial charge in [0.05, 0.1) is 42.6 Å². The molecule has 3 aromatic heterocycles. The molecule has 8 nitrogen and oxygen atoms in total. The molecular weight excluding hydrogens is 490 g/mol. The molecule has 3 heterocycles. The average Bonchev–Trinajstić information content (AvgIpc) is 3.45. The molecule has 194 valence electrons. The Hall–Kier alpha value is -4.60. The standard InChI is InChI=1S/C28H26F2N6O2/c1-16-7-5-6-8-20(16)15-35-18(3)25(17(2)34-35)33-28(37)22-14-31-36-24(26(29)30)13-23(32-27(22)36)19-9-11-21(38-4)12-10-19/h5-14,26H,15H2,1-4H3,(H,33,37). The molecule has 0 unspecified atom stereocenters. The second-order valence-electron chi connectivity index (χ2n) is 8.97. The third kappa shape index (κ3) is 4.60. The number of amides is 1. The lowest BCUT2D eigenvalue weighted by atomic mass is 10.1. The van der Waals surface area contributed by atoms with Crippen molar-refractivity contribution in [3.63, 3.8) is 0 Å². The maximum absolute atomic E-state index is 14.0. The SMILES string of the molecule is COc1ccc(-c2cc(C(F)F)n3ncc(C(=O)Nc4c(C)nn(Cc5ccccc5C)c4C)c3n2)cc1. The second kappa shape index (κ2) is 10.0. The van der Waals surface area contributed by atoms with Gasteiger partial charge in [-0.25, -0.2) is 18.3 Å². The van der Waals surface area contributed by atoms with Crippen LogP contribution in [0.3, 0.4) is 0 Å². The van der Waals surface area contributed by atoms with Crippen LogP contribution in [0.4, 0.5) is 14.5 Å². The van der Waals surface area contributed by atoms with Crippen LogP contribution in [0.15, 0.2) is 60.8 Å². The third-order valence-corrected chi connectivity index (χ3v) is 6.55. The van der Waals surface area contributed by atoms with E-state index in [4.69, 9.17) is 4.74 Å². The summed E-state index contributed by atoms with van der Waals surface area (Å²) in [6, 6.07) is 16.2. The van der Waals surface area contributed by atoms with Gasteiger partial charge in [-0.2, -0.15) is 10.2 Å². The van der Waals surface area contributed by atoms with Gasteiger partial charge in [-0.1, -0.05) is 24.3 Å². The fourth-order valence-electron chi connectivity index (χ4n) is 4.37. The highest BCUT2D eigenvalue weighted by Crippen LogP contribution is 2.29. The number of methoxy groups -OCH3 is 1. The van der Waals surface area contributed by atoms with E-state index in [0.29, 0.717) is 34.9 Å². The summed E-state index contributed by atoms with van der Waals surface area (Å²) in [4.78, 5) is 17.9. The molecule has 5 aromatic rings. The van der Waals surface area contributed by atoms with Gasteiger partial charge in [-0.3, -0.25) is 9.48 Å². The molecule has 0 aliphatic rings. The molecule has 0 atom stereocenters. The first-order valence-electron chi connectivity index (χ1n) is 12.0. The van der Waals surface area contributed by atoms with Crippen molar-refractivity contribution in [3.8, 4) is 17.0 Å². The second-order valence-corrected chi connectivity index (χ2v) is 8.97. The van der Waals surface area contributed by atoms with Crippen LogP contribution in [0.2, 0.25) is 0 Å². The van der Waals surface area contributed by atoms with Gasteiger partial charge in [-0.05, 0) is 62.2 Å². The zero-order valence-electron chi connectivity index (χ0n) is 21.4. The van der Waals surface area contributed by atoms with Gasteiger partial charge in [0.25, 0.3) is 12.3 Å². The lowest BCUT2D eigenvalue weighted by molar-refractivity contribution is 0.102. The van der Waals surface area contributed by atoms with E-state index >= 15 is 0 Å². The van der Waals surface area contributed by atoms with E-state index in [1.807, 2.05) is 49.7 Å². The Balaban J connectivity index is 1.50. The van der Waals surface area contributed by atoms with Crippen molar-refractivity contribution in [1.82, 2.24) is 24.4 Å². The Labute approximate surface area is 217 Å². The summed E-state index contributed by atoms with van der Waals surface area (Å²) in [5, 5.41) is 11.6. The predicted molar refractivity (Wildman–Crippen MR) is 140 cm³/mol. The summed E-state index contributed by atoms with van der Waals surface area (Å²) in [6.07, 6.45) is -1.57. The average molecular weight is 517 g/mol. The molecule has 0 saturated heterocycles. The number of ether oxygens (including phenoxy) is 1. The van der Waals surface area contributed by atoms with Crippen molar-refractivity contribution in [2.24, 2.45) is 0 Å².